The van der Waals surface area contributed by atoms with E-state index in [2.05, 4.69) is 5.10 Å². The molecule has 1 aliphatic carbocycles. The SMILES string of the molecule is Nc1cc(-c2cnn(C3CCCCC3)c2)c(F)cc1Cl. The van der Waals surface area contributed by atoms with Gasteiger partial charge in [0.2, 0.25) is 0 Å². The minimum atomic E-state index is -0.368. The summed E-state index contributed by atoms with van der Waals surface area (Å²) >= 11 is 5.81. The van der Waals surface area contributed by atoms with Crippen LogP contribution >= 0.6 is 11.6 Å². The number of nitrogens with two attached hydrogens (primary N) is 1. The quantitative estimate of drug-likeness (QED) is 0.832. The first-order valence-electron chi connectivity index (χ1n) is 6.94. The van der Waals surface area contributed by atoms with Crippen molar-refractivity contribution < 1.29 is 4.39 Å². The molecule has 3 rings (SSSR count). The van der Waals surface area contributed by atoms with Crippen LogP contribution in [0.3, 0.4) is 0 Å². The highest BCUT2D eigenvalue weighted by Gasteiger charge is 2.17. The lowest BCUT2D eigenvalue weighted by atomic mass is 9.96. The van der Waals surface area contributed by atoms with Gasteiger partial charge in [-0.15, -0.1) is 0 Å². The second kappa shape index (κ2) is 5.44. The number of benzene rings is 1. The Bertz CT molecular complexity index is 618. The largest absolute Gasteiger partial charge is 0.398 e. The van der Waals surface area contributed by atoms with Crippen molar-refractivity contribution in [2.45, 2.75) is 38.1 Å². The molecule has 1 fully saturated rings. The van der Waals surface area contributed by atoms with Gasteiger partial charge in [0.05, 0.1) is 22.9 Å². The smallest absolute Gasteiger partial charge is 0.132 e. The van der Waals surface area contributed by atoms with Gasteiger partial charge >= 0.3 is 0 Å². The summed E-state index contributed by atoms with van der Waals surface area (Å²) in [4.78, 5) is 0. The van der Waals surface area contributed by atoms with Crippen LogP contribution in [0.4, 0.5) is 10.1 Å². The molecule has 1 aromatic carbocycles. The van der Waals surface area contributed by atoms with Crippen molar-refractivity contribution in [2.24, 2.45) is 0 Å². The molecule has 1 saturated carbocycles. The zero-order chi connectivity index (χ0) is 14.1. The minimum Gasteiger partial charge on any atom is -0.398 e. The first-order chi connectivity index (χ1) is 9.65. The third-order valence-electron chi connectivity index (χ3n) is 3.95. The zero-order valence-electron chi connectivity index (χ0n) is 11.1. The van der Waals surface area contributed by atoms with Crippen molar-refractivity contribution in [1.29, 1.82) is 0 Å². The van der Waals surface area contributed by atoms with Crippen LogP contribution in [0.5, 0.6) is 0 Å². The van der Waals surface area contributed by atoms with E-state index in [9.17, 15) is 4.39 Å². The molecule has 0 unspecified atom stereocenters. The van der Waals surface area contributed by atoms with E-state index in [1.165, 1.54) is 25.3 Å². The van der Waals surface area contributed by atoms with Gasteiger partial charge in [0.1, 0.15) is 5.82 Å². The number of hydrogen-bond acceptors (Lipinski definition) is 2. The van der Waals surface area contributed by atoms with Crippen LogP contribution in [0.25, 0.3) is 11.1 Å². The summed E-state index contributed by atoms with van der Waals surface area (Å²) in [6, 6.07) is 3.26. The van der Waals surface area contributed by atoms with Crippen LogP contribution in [-0.2, 0) is 0 Å². The Balaban J connectivity index is 1.91. The summed E-state index contributed by atoms with van der Waals surface area (Å²) in [6.07, 6.45) is 9.66. The number of aromatic nitrogens is 2. The maximum absolute atomic E-state index is 14.0. The molecule has 2 aromatic rings. The van der Waals surface area contributed by atoms with Crippen molar-refractivity contribution in [1.82, 2.24) is 9.78 Å². The molecule has 3 nitrogen and oxygen atoms in total. The van der Waals surface area contributed by atoms with Gasteiger partial charge in [-0.2, -0.15) is 5.10 Å². The summed E-state index contributed by atoms with van der Waals surface area (Å²) in [5.41, 5.74) is 7.33. The lowest BCUT2D eigenvalue weighted by Crippen LogP contribution is -2.12. The predicted octanol–water partition coefficient (Wildman–Crippen LogP) is 4.43. The normalized spacial score (nSPS) is 16.5. The standard InChI is InChI=1S/C15H17ClFN3/c16-13-7-14(17)12(6-15(13)18)10-8-19-20(9-10)11-4-2-1-3-5-11/h6-9,11H,1-5,18H2. The molecule has 2 N–H and O–H groups in total. The molecule has 0 atom stereocenters. The number of anilines is 1. The molecule has 1 aliphatic rings. The Morgan fingerprint density at radius 1 is 1.25 bits per heavy atom. The first-order valence-corrected chi connectivity index (χ1v) is 7.32. The van der Waals surface area contributed by atoms with E-state index >= 15 is 0 Å². The van der Waals surface area contributed by atoms with E-state index in [4.69, 9.17) is 17.3 Å². The number of rotatable bonds is 2. The topological polar surface area (TPSA) is 43.8 Å². The molecule has 0 aliphatic heterocycles. The third-order valence-corrected chi connectivity index (χ3v) is 4.28. The lowest BCUT2D eigenvalue weighted by molar-refractivity contribution is 0.329. The summed E-state index contributed by atoms with van der Waals surface area (Å²) in [5.74, 6) is -0.368. The number of nitrogens with zero attached hydrogens (tertiary/aromatic N) is 2. The summed E-state index contributed by atoms with van der Waals surface area (Å²) in [6.45, 7) is 0. The van der Waals surface area contributed by atoms with Gasteiger partial charge in [-0.05, 0) is 25.0 Å². The van der Waals surface area contributed by atoms with Gasteiger partial charge in [-0.1, -0.05) is 30.9 Å². The second-order valence-electron chi connectivity index (χ2n) is 5.35. The number of nitrogen functional groups attached to an aromatic ring is 1. The fraction of sp³-hybridized carbons (Fsp3) is 0.400. The van der Waals surface area contributed by atoms with Crippen molar-refractivity contribution >= 4 is 17.3 Å². The van der Waals surface area contributed by atoms with Gasteiger partial charge < -0.3 is 5.73 Å². The Kier molecular flexibility index (Phi) is 3.66. The van der Waals surface area contributed by atoms with Crippen LogP contribution in [0.2, 0.25) is 5.02 Å². The highest BCUT2D eigenvalue weighted by molar-refractivity contribution is 6.33. The lowest BCUT2D eigenvalue weighted by Gasteiger charge is -2.21. The first kappa shape index (κ1) is 13.4. The van der Waals surface area contributed by atoms with Crippen molar-refractivity contribution in [3.63, 3.8) is 0 Å². The zero-order valence-corrected chi connectivity index (χ0v) is 11.9. The molecule has 20 heavy (non-hydrogen) atoms. The monoisotopic (exact) mass is 293 g/mol. The molecule has 0 amide bonds. The molecular weight excluding hydrogens is 277 g/mol. The second-order valence-corrected chi connectivity index (χ2v) is 5.76. The van der Waals surface area contributed by atoms with Crippen LogP contribution < -0.4 is 5.73 Å². The predicted molar refractivity (Wildman–Crippen MR) is 79.2 cm³/mol. The summed E-state index contributed by atoms with van der Waals surface area (Å²) in [5, 5.41) is 4.63. The molecular formula is C15H17ClFN3. The van der Waals surface area contributed by atoms with Crippen molar-refractivity contribution in [3.8, 4) is 11.1 Å². The highest BCUT2D eigenvalue weighted by atomic mass is 35.5. The molecule has 0 radical (unpaired) electrons. The van der Waals surface area contributed by atoms with Crippen molar-refractivity contribution in [3.05, 3.63) is 35.4 Å². The maximum Gasteiger partial charge on any atom is 0.132 e. The van der Waals surface area contributed by atoms with Crippen LogP contribution in [-0.4, -0.2) is 9.78 Å². The van der Waals surface area contributed by atoms with Gasteiger partial charge in [0.25, 0.3) is 0 Å². The van der Waals surface area contributed by atoms with Crippen molar-refractivity contribution in [2.75, 3.05) is 5.73 Å². The van der Waals surface area contributed by atoms with Crippen LogP contribution in [0, 0.1) is 5.82 Å². The fourth-order valence-corrected chi connectivity index (χ4v) is 2.96. The average Bonchev–Trinajstić information content (AvgIpc) is 2.93. The summed E-state index contributed by atoms with van der Waals surface area (Å²) in [7, 11) is 0. The molecule has 5 heteroatoms. The summed E-state index contributed by atoms with van der Waals surface area (Å²) < 4.78 is 15.9. The molecule has 0 spiro atoms. The molecule has 106 valence electrons. The highest BCUT2D eigenvalue weighted by Crippen LogP contribution is 2.32. The maximum atomic E-state index is 14.0. The van der Waals surface area contributed by atoms with E-state index in [1.54, 1.807) is 12.3 Å². The van der Waals surface area contributed by atoms with E-state index in [-0.39, 0.29) is 10.8 Å². The van der Waals surface area contributed by atoms with Crippen LogP contribution in [0.1, 0.15) is 38.1 Å². The Labute approximate surface area is 122 Å². The van der Waals surface area contributed by atoms with Gasteiger partial charge in [0, 0.05) is 17.3 Å². The van der Waals surface area contributed by atoms with E-state index in [0.717, 1.165) is 18.4 Å². The number of halogens is 2. The molecule has 0 bridgehead atoms. The average molecular weight is 294 g/mol. The van der Waals surface area contributed by atoms with Gasteiger partial charge in [-0.3, -0.25) is 4.68 Å². The molecule has 1 heterocycles. The van der Waals surface area contributed by atoms with E-state index < -0.39 is 0 Å². The molecule has 0 saturated heterocycles. The Hall–Kier alpha value is -1.55. The van der Waals surface area contributed by atoms with Gasteiger partial charge in [0.15, 0.2) is 0 Å². The van der Waals surface area contributed by atoms with Crippen LogP contribution in [0.15, 0.2) is 24.5 Å². The number of hydrogen-bond donors (Lipinski definition) is 1. The Morgan fingerprint density at radius 2 is 2.00 bits per heavy atom. The van der Waals surface area contributed by atoms with Gasteiger partial charge in [-0.25, -0.2) is 4.39 Å². The Morgan fingerprint density at radius 3 is 2.75 bits per heavy atom. The molecule has 1 aromatic heterocycles. The van der Waals surface area contributed by atoms with E-state index in [0.29, 0.717) is 17.3 Å². The fourth-order valence-electron chi connectivity index (χ4n) is 2.81. The third kappa shape index (κ3) is 2.52. The van der Waals surface area contributed by atoms with E-state index in [1.807, 2.05) is 10.9 Å². The minimum absolute atomic E-state index is 0.242.